The van der Waals surface area contributed by atoms with Crippen LogP contribution < -0.4 is 10.6 Å². The number of aromatic hydroxyl groups is 1. The van der Waals surface area contributed by atoms with E-state index in [0.717, 1.165) is 18.8 Å². The molecule has 4 rings (SSSR count). The van der Waals surface area contributed by atoms with Crippen molar-refractivity contribution in [2.24, 2.45) is 5.41 Å². The number of para-hydroxylation sites is 1. The first-order chi connectivity index (χ1) is 12.6. The molecule has 6 nitrogen and oxygen atoms in total. The van der Waals surface area contributed by atoms with Crippen LogP contribution in [0, 0.1) is 5.41 Å². The van der Waals surface area contributed by atoms with Gasteiger partial charge in [-0.1, -0.05) is 12.1 Å². The van der Waals surface area contributed by atoms with Crippen molar-refractivity contribution in [3.63, 3.8) is 0 Å². The number of likely N-dealkylation sites (tertiary alicyclic amines) is 1. The maximum absolute atomic E-state index is 10.1. The molecule has 0 atom stereocenters. The Morgan fingerprint density at radius 1 is 1.00 bits per heavy atom. The molecular weight excluding hydrogens is 326 g/mol. The van der Waals surface area contributed by atoms with Crippen LogP contribution in [0.2, 0.25) is 0 Å². The molecule has 3 heterocycles. The van der Waals surface area contributed by atoms with Gasteiger partial charge in [-0.3, -0.25) is 0 Å². The zero-order valence-corrected chi connectivity index (χ0v) is 15.4. The summed E-state index contributed by atoms with van der Waals surface area (Å²) in [5.41, 5.74) is 8.91. The second-order valence-corrected chi connectivity index (χ2v) is 7.81. The first-order valence-electron chi connectivity index (χ1n) is 9.41. The molecule has 2 saturated heterocycles. The Hall–Kier alpha value is -2.34. The Morgan fingerprint density at radius 3 is 2.35 bits per heavy atom. The number of nitrogens with zero attached hydrogens (tertiary/aromatic N) is 4. The highest BCUT2D eigenvalue weighted by Crippen LogP contribution is 2.42. The SMILES string of the molecule is CN1CCC2(CC1)CCN(c1cc(-c3ccccc3O)nnc1N)CC2. The van der Waals surface area contributed by atoms with Crippen LogP contribution in [0.1, 0.15) is 25.7 Å². The van der Waals surface area contributed by atoms with Gasteiger partial charge in [0.05, 0.1) is 11.4 Å². The summed E-state index contributed by atoms with van der Waals surface area (Å²) in [6, 6.07) is 9.17. The van der Waals surface area contributed by atoms with E-state index in [-0.39, 0.29) is 5.75 Å². The minimum absolute atomic E-state index is 0.210. The first-order valence-corrected chi connectivity index (χ1v) is 9.41. The largest absolute Gasteiger partial charge is 0.507 e. The van der Waals surface area contributed by atoms with Crippen molar-refractivity contribution in [1.82, 2.24) is 15.1 Å². The standard InChI is InChI=1S/C20H27N5O/c1-24-10-6-20(7-11-24)8-12-25(13-9-20)17-14-16(22-23-19(17)21)15-4-2-3-5-18(15)26/h2-5,14,26H,6-13H2,1H3,(H2,21,23). The van der Waals surface area contributed by atoms with Gasteiger partial charge in [-0.15, -0.1) is 10.2 Å². The van der Waals surface area contributed by atoms with Crippen LogP contribution in [0.4, 0.5) is 11.5 Å². The predicted molar refractivity (Wildman–Crippen MR) is 104 cm³/mol. The van der Waals surface area contributed by atoms with E-state index in [1.807, 2.05) is 18.2 Å². The van der Waals surface area contributed by atoms with Crippen LogP contribution in [0.3, 0.4) is 0 Å². The highest BCUT2D eigenvalue weighted by atomic mass is 16.3. The van der Waals surface area contributed by atoms with Crippen LogP contribution in [0.25, 0.3) is 11.3 Å². The molecule has 0 bridgehead atoms. The van der Waals surface area contributed by atoms with E-state index >= 15 is 0 Å². The Kier molecular flexibility index (Phi) is 4.44. The molecule has 0 aliphatic carbocycles. The first kappa shape index (κ1) is 17.1. The van der Waals surface area contributed by atoms with E-state index in [0.29, 0.717) is 22.5 Å². The Balaban J connectivity index is 1.54. The number of benzene rings is 1. The molecule has 2 aromatic rings. The Morgan fingerprint density at radius 2 is 1.65 bits per heavy atom. The van der Waals surface area contributed by atoms with Crippen molar-refractivity contribution in [3.05, 3.63) is 30.3 Å². The minimum Gasteiger partial charge on any atom is -0.507 e. The van der Waals surface area contributed by atoms with Gasteiger partial charge in [-0.05, 0) is 69.4 Å². The van der Waals surface area contributed by atoms with E-state index in [9.17, 15) is 5.11 Å². The predicted octanol–water partition coefficient (Wildman–Crippen LogP) is 2.74. The zero-order chi connectivity index (χ0) is 18.1. The summed E-state index contributed by atoms with van der Waals surface area (Å²) in [6.07, 6.45) is 5.00. The summed E-state index contributed by atoms with van der Waals surface area (Å²) >= 11 is 0. The molecule has 26 heavy (non-hydrogen) atoms. The molecule has 2 fully saturated rings. The molecule has 138 valence electrons. The minimum atomic E-state index is 0.210. The van der Waals surface area contributed by atoms with Gasteiger partial charge in [0.1, 0.15) is 5.75 Å². The van der Waals surface area contributed by atoms with E-state index in [1.54, 1.807) is 12.1 Å². The third-order valence-electron chi connectivity index (χ3n) is 6.19. The fraction of sp³-hybridized carbons (Fsp3) is 0.500. The molecule has 3 N–H and O–H groups in total. The fourth-order valence-corrected chi connectivity index (χ4v) is 4.28. The molecular formula is C20H27N5O. The zero-order valence-electron chi connectivity index (χ0n) is 15.4. The summed E-state index contributed by atoms with van der Waals surface area (Å²) in [5, 5.41) is 18.4. The number of hydrogen-bond donors (Lipinski definition) is 2. The number of hydrogen-bond acceptors (Lipinski definition) is 6. The van der Waals surface area contributed by atoms with Crippen LogP contribution in [-0.2, 0) is 0 Å². The van der Waals surface area contributed by atoms with Crippen LogP contribution in [-0.4, -0.2) is 53.4 Å². The van der Waals surface area contributed by atoms with Crippen molar-refractivity contribution < 1.29 is 5.11 Å². The highest BCUT2D eigenvalue weighted by Gasteiger charge is 2.37. The van der Waals surface area contributed by atoms with Crippen molar-refractivity contribution in [1.29, 1.82) is 0 Å². The smallest absolute Gasteiger partial charge is 0.169 e. The van der Waals surface area contributed by atoms with Crippen LogP contribution in [0.15, 0.2) is 30.3 Å². The summed E-state index contributed by atoms with van der Waals surface area (Å²) < 4.78 is 0. The Bertz CT molecular complexity index is 776. The molecule has 2 aliphatic heterocycles. The fourth-order valence-electron chi connectivity index (χ4n) is 4.28. The number of phenolic OH excluding ortho intramolecular Hbond substituents is 1. The number of phenols is 1. The second-order valence-electron chi connectivity index (χ2n) is 7.81. The molecule has 0 unspecified atom stereocenters. The topological polar surface area (TPSA) is 78.5 Å². The normalized spacial score (nSPS) is 20.4. The van der Waals surface area contributed by atoms with Gasteiger partial charge in [-0.2, -0.15) is 0 Å². The molecule has 1 spiro atoms. The monoisotopic (exact) mass is 353 g/mol. The third kappa shape index (κ3) is 3.21. The van der Waals surface area contributed by atoms with E-state index in [2.05, 4.69) is 27.0 Å². The summed E-state index contributed by atoms with van der Waals surface area (Å²) in [7, 11) is 2.21. The molecule has 0 amide bonds. The Labute approximate surface area is 154 Å². The highest BCUT2D eigenvalue weighted by molar-refractivity contribution is 5.74. The summed E-state index contributed by atoms with van der Waals surface area (Å²) in [6.45, 7) is 4.41. The number of anilines is 2. The molecule has 0 radical (unpaired) electrons. The number of nitrogens with two attached hydrogens (primary N) is 1. The van der Waals surface area contributed by atoms with Crippen molar-refractivity contribution in [3.8, 4) is 17.0 Å². The van der Waals surface area contributed by atoms with Gasteiger partial charge in [0.25, 0.3) is 0 Å². The molecule has 1 aromatic carbocycles. The van der Waals surface area contributed by atoms with E-state index in [4.69, 9.17) is 5.73 Å². The van der Waals surface area contributed by atoms with Gasteiger partial charge in [-0.25, -0.2) is 0 Å². The lowest BCUT2D eigenvalue weighted by Crippen LogP contribution is -2.46. The van der Waals surface area contributed by atoms with Gasteiger partial charge in [0, 0.05) is 18.7 Å². The summed E-state index contributed by atoms with van der Waals surface area (Å²) in [4.78, 5) is 4.76. The lowest BCUT2D eigenvalue weighted by molar-refractivity contribution is 0.0945. The lowest BCUT2D eigenvalue weighted by atomic mass is 9.71. The average Bonchev–Trinajstić information content (AvgIpc) is 2.66. The quantitative estimate of drug-likeness (QED) is 0.864. The van der Waals surface area contributed by atoms with Crippen LogP contribution >= 0.6 is 0 Å². The molecule has 2 aliphatic rings. The number of rotatable bonds is 2. The van der Waals surface area contributed by atoms with Crippen LogP contribution in [0.5, 0.6) is 5.75 Å². The van der Waals surface area contributed by atoms with Crippen molar-refractivity contribution >= 4 is 11.5 Å². The van der Waals surface area contributed by atoms with E-state index < -0.39 is 0 Å². The molecule has 1 aromatic heterocycles. The third-order valence-corrected chi connectivity index (χ3v) is 6.19. The van der Waals surface area contributed by atoms with Crippen molar-refractivity contribution in [2.45, 2.75) is 25.7 Å². The second kappa shape index (κ2) is 6.76. The maximum Gasteiger partial charge on any atom is 0.169 e. The van der Waals surface area contributed by atoms with Gasteiger partial charge in [0.2, 0.25) is 0 Å². The maximum atomic E-state index is 10.1. The van der Waals surface area contributed by atoms with Gasteiger partial charge < -0.3 is 20.6 Å². The molecule has 6 heteroatoms. The van der Waals surface area contributed by atoms with E-state index in [1.165, 1.54) is 38.8 Å². The number of nitrogen functional groups attached to an aromatic ring is 1. The van der Waals surface area contributed by atoms with Gasteiger partial charge in [0.15, 0.2) is 5.82 Å². The number of aromatic nitrogens is 2. The summed E-state index contributed by atoms with van der Waals surface area (Å²) in [5.74, 6) is 0.671. The average molecular weight is 353 g/mol. The van der Waals surface area contributed by atoms with Gasteiger partial charge >= 0.3 is 0 Å². The lowest BCUT2D eigenvalue weighted by Gasteiger charge is -2.46. The molecule has 0 saturated carbocycles. The van der Waals surface area contributed by atoms with Crippen molar-refractivity contribution in [2.75, 3.05) is 43.9 Å². The number of piperidine rings is 2.